The highest BCUT2D eigenvalue weighted by molar-refractivity contribution is 6.01. The summed E-state index contributed by atoms with van der Waals surface area (Å²) in [6.07, 6.45) is 3.02. The number of benzene rings is 2. The van der Waals surface area contributed by atoms with Gasteiger partial charge in [0, 0.05) is 30.7 Å². The van der Waals surface area contributed by atoms with Gasteiger partial charge >= 0.3 is 0 Å². The monoisotopic (exact) mass is 337 g/mol. The number of H-pyrrole nitrogens is 1. The van der Waals surface area contributed by atoms with E-state index >= 15 is 0 Å². The standard InChI is InChI=1S/C20H23N3O2/c1-3-4-10-17-15-11-16(19(24)12-18(15)22-21-17)20(25)23(2)13-14-8-6-5-7-9-14/h5-9,11-12,24H,3-4,10,13H2,1-2H3,(H,21,22). The highest BCUT2D eigenvalue weighted by Gasteiger charge is 2.19. The number of fused-ring (bicyclic) bond motifs is 1. The Morgan fingerprint density at radius 3 is 2.72 bits per heavy atom. The summed E-state index contributed by atoms with van der Waals surface area (Å²) in [5.41, 5.74) is 3.05. The van der Waals surface area contributed by atoms with Crippen LogP contribution in [0.25, 0.3) is 10.9 Å². The number of rotatable bonds is 6. The first-order valence-corrected chi connectivity index (χ1v) is 8.59. The van der Waals surface area contributed by atoms with Crippen LogP contribution in [0.2, 0.25) is 0 Å². The number of phenolic OH excluding ortho intramolecular Hbond substituents is 1. The van der Waals surface area contributed by atoms with Crippen molar-refractivity contribution in [3.8, 4) is 5.75 Å². The Balaban J connectivity index is 1.88. The largest absolute Gasteiger partial charge is 0.507 e. The number of nitrogens with one attached hydrogen (secondary N) is 1. The van der Waals surface area contributed by atoms with Crippen LogP contribution in [0.15, 0.2) is 42.5 Å². The van der Waals surface area contributed by atoms with Crippen LogP contribution in [0, 0.1) is 0 Å². The third kappa shape index (κ3) is 3.65. The van der Waals surface area contributed by atoms with Gasteiger partial charge in [-0.3, -0.25) is 9.89 Å². The summed E-state index contributed by atoms with van der Waals surface area (Å²) in [5, 5.41) is 18.4. The third-order valence-corrected chi connectivity index (χ3v) is 4.37. The van der Waals surface area contributed by atoms with E-state index in [9.17, 15) is 9.90 Å². The molecule has 3 aromatic rings. The molecule has 0 aliphatic rings. The van der Waals surface area contributed by atoms with E-state index in [1.807, 2.05) is 30.3 Å². The van der Waals surface area contributed by atoms with Crippen LogP contribution in [0.5, 0.6) is 5.75 Å². The van der Waals surface area contributed by atoms with E-state index in [2.05, 4.69) is 17.1 Å². The number of aromatic amines is 1. The minimum Gasteiger partial charge on any atom is -0.507 e. The number of aromatic nitrogens is 2. The molecule has 0 atom stereocenters. The maximum atomic E-state index is 12.8. The number of phenols is 1. The minimum absolute atomic E-state index is 0.0362. The molecule has 5 nitrogen and oxygen atoms in total. The molecular weight excluding hydrogens is 314 g/mol. The van der Waals surface area contributed by atoms with Crippen LogP contribution < -0.4 is 0 Å². The van der Waals surface area contributed by atoms with Crippen LogP contribution in [0.3, 0.4) is 0 Å². The lowest BCUT2D eigenvalue weighted by atomic mass is 10.1. The fraction of sp³-hybridized carbons (Fsp3) is 0.300. The van der Waals surface area contributed by atoms with E-state index in [0.29, 0.717) is 17.6 Å². The normalized spacial score (nSPS) is 11.0. The summed E-state index contributed by atoms with van der Waals surface area (Å²) in [7, 11) is 1.74. The Morgan fingerprint density at radius 1 is 1.24 bits per heavy atom. The molecular formula is C20H23N3O2. The molecule has 0 aliphatic carbocycles. The number of hydrogen-bond donors (Lipinski definition) is 2. The molecule has 1 amide bonds. The Morgan fingerprint density at radius 2 is 2.00 bits per heavy atom. The minimum atomic E-state index is -0.203. The van der Waals surface area contributed by atoms with Crippen molar-refractivity contribution in [3.63, 3.8) is 0 Å². The van der Waals surface area contributed by atoms with E-state index in [4.69, 9.17) is 0 Å². The van der Waals surface area contributed by atoms with Gasteiger partial charge in [-0.05, 0) is 24.5 Å². The van der Waals surface area contributed by atoms with Crippen LogP contribution in [0.1, 0.15) is 41.4 Å². The number of amides is 1. The predicted molar refractivity (Wildman–Crippen MR) is 98.6 cm³/mol. The van der Waals surface area contributed by atoms with Crippen molar-refractivity contribution in [2.45, 2.75) is 32.7 Å². The molecule has 0 bridgehead atoms. The number of nitrogens with zero attached hydrogens (tertiary/aromatic N) is 2. The zero-order chi connectivity index (χ0) is 17.8. The first-order chi connectivity index (χ1) is 12.1. The lowest BCUT2D eigenvalue weighted by Crippen LogP contribution is -2.26. The summed E-state index contributed by atoms with van der Waals surface area (Å²) in [4.78, 5) is 14.4. The van der Waals surface area contributed by atoms with Crippen molar-refractivity contribution in [2.75, 3.05) is 7.05 Å². The van der Waals surface area contributed by atoms with Crippen LogP contribution in [0.4, 0.5) is 0 Å². The van der Waals surface area contributed by atoms with E-state index in [1.54, 1.807) is 24.1 Å². The molecule has 3 rings (SSSR count). The zero-order valence-corrected chi connectivity index (χ0v) is 14.6. The van der Waals surface area contributed by atoms with Gasteiger partial charge in [-0.2, -0.15) is 5.10 Å². The Hall–Kier alpha value is -2.82. The second-order valence-corrected chi connectivity index (χ2v) is 6.34. The molecule has 5 heteroatoms. The van der Waals surface area contributed by atoms with Crippen molar-refractivity contribution in [3.05, 3.63) is 59.3 Å². The van der Waals surface area contributed by atoms with Gasteiger partial charge in [0.1, 0.15) is 5.75 Å². The number of carbonyl (C=O) groups excluding carboxylic acids is 1. The molecule has 0 spiro atoms. The first-order valence-electron chi connectivity index (χ1n) is 8.59. The molecule has 0 unspecified atom stereocenters. The Bertz CT molecular complexity index is 871. The van der Waals surface area contributed by atoms with Gasteiger partial charge in [0.15, 0.2) is 0 Å². The predicted octanol–water partition coefficient (Wildman–Crippen LogP) is 3.88. The number of carbonyl (C=O) groups is 1. The molecule has 25 heavy (non-hydrogen) atoms. The van der Waals surface area contributed by atoms with Crippen molar-refractivity contribution in [1.82, 2.24) is 15.1 Å². The second kappa shape index (κ2) is 7.38. The maximum absolute atomic E-state index is 12.8. The zero-order valence-electron chi connectivity index (χ0n) is 14.6. The van der Waals surface area contributed by atoms with E-state index in [0.717, 1.165) is 35.9 Å². The van der Waals surface area contributed by atoms with E-state index in [-0.39, 0.29) is 11.7 Å². The van der Waals surface area contributed by atoms with Crippen LogP contribution in [-0.2, 0) is 13.0 Å². The summed E-state index contributed by atoms with van der Waals surface area (Å²) >= 11 is 0. The quantitative estimate of drug-likeness (QED) is 0.717. The smallest absolute Gasteiger partial charge is 0.257 e. The summed E-state index contributed by atoms with van der Waals surface area (Å²) in [6.45, 7) is 2.63. The molecule has 0 saturated carbocycles. The van der Waals surface area contributed by atoms with Gasteiger partial charge in [0.2, 0.25) is 0 Å². The maximum Gasteiger partial charge on any atom is 0.257 e. The molecule has 0 saturated heterocycles. The molecule has 1 heterocycles. The SMILES string of the molecule is CCCCc1[nH]nc2cc(O)c(C(=O)N(C)Cc3ccccc3)cc12. The van der Waals surface area contributed by atoms with Crippen molar-refractivity contribution in [2.24, 2.45) is 0 Å². The topological polar surface area (TPSA) is 69.2 Å². The van der Waals surface area contributed by atoms with Crippen molar-refractivity contribution >= 4 is 16.8 Å². The Kier molecular flexibility index (Phi) is 5.03. The first kappa shape index (κ1) is 17.0. The summed E-state index contributed by atoms with van der Waals surface area (Å²) < 4.78 is 0. The fourth-order valence-corrected chi connectivity index (χ4v) is 2.95. The van der Waals surface area contributed by atoms with E-state index < -0.39 is 0 Å². The number of hydrogen-bond acceptors (Lipinski definition) is 3. The lowest BCUT2D eigenvalue weighted by molar-refractivity contribution is 0.0782. The lowest BCUT2D eigenvalue weighted by Gasteiger charge is -2.18. The van der Waals surface area contributed by atoms with Gasteiger partial charge in [-0.1, -0.05) is 43.7 Å². The summed E-state index contributed by atoms with van der Waals surface area (Å²) in [5.74, 6) is -0.239. The van der Waals surface area contributed by atoms with Crippen molar-refractivity contribution in [1.29, 1.82) is 0 Å². The van der Waals surface area contributed by atoms with E-state index in [1.165, 1.54) is 0 Å². The molecule has 2 N–H and O–H groups in total. The molecule has 0 aliphatic heterocycles. The molecule has 1 aromatic heterocycles. The molecule has 0 radical (unpaired) electrons. The highest BCUT2D eigenvalue weighted by atomic mass is 16.3. The van der Waals surface area contributed by atoms with Crippen molar-refractivity contribution < 1.29 is 9.90 Å². The van der Waals surface area contributed by atoms with Gasteiger partial charge < -0.3 is 10.0 Å². The average Bonchev–Trinajstić information content (AvgIpc) is 3.01. The van der Waals surface area contributed by atoms with Gasteiger partial charge in [0.05, 0.1) is 11.1 Å². The van der Waals surface area contributed by atoms with Gasteiger partial charge in [0.25, 0.3) is 5.91 Å². The fourth-order valence-electron chi connectivity index (χ4n) is 2.95. The van der Waals surface area contributed by atoms with Crippen LogP contribution >= 0.6 is 0 Å². The van der Waals surface area contributed by atoms with Crippen LogP contribution in [-0.4, -0.2) is 33.2 Å². The number of aryl methyl sites for hydroxylation is 1. The molecule has 130 valence electrons. The highest BCUT2D eigenvalue weighted by Crippen LogP contribution is 2.27. The molecule has 0 fully saturated rings. The van der Waals surface area contributed by atoms with Gasteiger partial charge in [-0.15, -0.1) is 0 Å². The third-order valence-electron chi connectivity index (χ3n) is 4.37. The number of aromatic hydroxyl groups is 1. The molecule has 2 aromatic carbocycles. The summed E-state index contributed by atoms with van der Waals surface area (Å²) in [6, 6.07) is 13.1. The second-order valence-electron chi connectivity index (χ2n) is 6.34. The van der Waals surface area contributed by atoms with Gasteiger partial charge in [-0.25, -0.2) is 0 Å². The Labute approximate surface area is 147 Å². The average molecular weight is 337 g/mol. The number of unbranched alkanes of at least 4 members (excludes halogenated alkanes) is 1.